The Hall–Kier alpha value is -1.76. The van der Waals surface area contributed by atoms with Crippen molar-refractivity contribution in [3.63, 3.8) is 0 Å². The molecule has 7 nitrogen and oxygen atoms in total. The van der Waals surface area contributed by atoms with Crippen LogP contribution < -0.4 is 16.1 Å². The van der Waals surface area contributed by atoms with E-state index >= 15 is 0 Å². The zero-order chi connectivity index (χ0) is 15.3. The molecule has 0 aromatic carbocycles. The molecule has 1 aliphatic heterocycles. The summed E-state index contributed by atoms with van der Waals surface area (Å²) < 4.78 is 4.45. The second kappa shape index (κ2) is 4.91. The first-order chi connectivity index (χ1) is 9.91. The number of aromatic nitrogens is 4. The van der Waals surface area contributed by atoms with Crippen LogP contribution in [0.3, 0.4) is 0 Å². The number of fused-ring (bicyclic) bond motifs is 3. The Kier molecular flexibility index (Phi) is 3.32. The van der Waals surface area contributed by atoms with Gasteiger partial charge in [0.1, 0.15) is 0 Å². The van der Waals surface area contributed by atoms with Crippen molar-refractivity contribution in [2.24, 2.45) is 14.1 Å². The number of hydrogen-bond acceptors (Lipinski definition) is 4. The number of rotatable bonds is 2. The molecule has 3 heterocycles. The smallest absolute Gasteiger partial charge is 0.332 e. The highest BCUT2D eigenvalue weighted by molar-refractivity contribution is 6.20. The van der Waals surface area contributed by atoms with Crippen molar-refractivity contribution < 1.29 is 0 Å². The quantitative estimate of drug-likeness (QED) is 0.747. The van der Waals surface area contributed by atoms with Crippen LogP contribution in [-0.4, -0.2) is 37.2 Å². The highest BCUT2D eigenvalue weighted by Crippen LogP contribution is 2.24. The fourth-order valence-corrected chi connectivity index (χ4v) is 3.05. The summed E-state index contributed by atoms with van der Waals surface area (Å²) in [6.45, 7) is 4.18. The molecule has 1 atom stereocenters. The summed E-state index contributed by atoms with van der Waals surface area (Å²) >= 11 is 6.09. The van der Waals surface area contributed by atoms with E-state index in [4.69, 9.17) is 11.6 Å². The molecule has 0 amide bonds. The van der Waals surface area contributed by atoms with Crippen LogP contribution in [0.4, 0.5) is 5.95 Å². The van der Waals surface area contributed by atoms with E-state index in [0.29, 0.717) is 17.7 Å². The standard InChI is InChI=1S/C13H18ClN5O2/c1-8(14)7-18-5-4-6-19-9-10(15-12(18)19)16(2)13(21)17(3)11(9)20/h8H,4-7H2,1-3H3. The first-order valence-electron chi connectivity index (χ1n) is 6.97. The lowest BCUT2D eigenvalue weighted by Gasteiger charge is -2.29. The highest BCUT2D eigenvalue weighted by atomic mass is 35.5. The van der Waals surface area contributed by atoms with Crippen molar-refractivity contribution in [3.8, 4) is 0 Å². The Bertz CT molecular complexity index is 817. The van der Waals surface area contributed by atoms with Gasteiger partial charge < -0.3 is 9.47 Å². The van der Waals surface area contributed by atoms with E-state index in [-0.39, 0.29) is 16.6 Å². The predicted octanol–water partition coefficient (Wildman–Crippen LogP) is 0.271. The minimum Gasteiger partial charge on any atom is -0.341 e. The van der Waals surface area contributed by atoms with Crippen LogP contribution in [0, 0.1) is 0 Å². The lowest BCUT2D eigenvalue weighted by molar-refractivity contribution is 0.562. The maximum atomic E-state index is 12.4. The molecule has 1 aliphatic rings. The summed E-state index contributed by atoms with van der Waals surface area (Å²) in [7, 11) is 3.13. The van der Waals surface area contributed by atoms with Crippen LogP contribution in [-0.2, 0) is 20.6 Å². The Morgan fingerprint density at radius 2 is 1.95 bits per heavy atom. The summed E-state index contributed by atoms with van der Waals surface area (Å²) in [4.78, 5) is 31.0. The van der Waals surface area contributed by atoms with Gasteiger partial charge in [0.05, 0.1) is 0 Å². The van der Waals surface area contributed by atoms with Gasteiger partial charge >= 0.3 is 5.69 Å². The van der Waals surface area contributed by atoms with E-state index in [2.05, 4.69) is 9.88 Å². The van der Waals surface area contributed by atoms with Crippen molar-refractivity contribution in [2.45, 2.75) is 25.3 Å². The molecule has 0 fully saturated rings. The van der Waals surface area contributed by atoms with Gasteiger partial charge in [-0.05, 0) is 13.3 Å². The number of hydrogen-bond donors (Lipinski definition) is 0. The highest BCUT2D eigenvalue weighted by Gasteiger charge is 2.25. The fourth-order valence-electron chi connectivity index (χ4n) is 2.88. The summed E-state index contributed by atoms with van der Waals surface area (Å²) in [5.74, 6) is 0.724. The minimum atomic E-state index is -0.361. The monoisotopic (exact) mass is 311 g/mol. The Labute approximate surface area is 126 Å². The van der Waals surface area contributed by atoms with Crippen molar-refractivity contribution in [3.05, 3.63) is 20.8 Å². The van der Waals surface area contributed by atoms with Gasteiger partial charge in [0.15, 0.2) is 11.2 Å². The largest absolute Gasteiger partial charge is 0.341 e. The van der Waals surface area contributed by atoms with Gasteiger partial charge in [0.2, 0.25) is 5.95 Å². The first-order valence-corrected chi connectivity index (χ1v) is 7.40. The topological polar surface area (TPSA) is 65.1 Å². The maximum absolute atomic E-state index is 12.4. The van der Waals surface area contributed by atoms with Gasteiger partial charge in [-0.15, -0.1) is 11.6 Å². The number of nitrogens with zero attached hydrogens (tertiary/aromatic N) is 5. The number of halogens is 1. The third-order valence-electron chi connectivity index (χ3n) is 3.89. The summed E-state index contributed by atoms with van der Waals surface area (Å²) in [6, 6.07) is 0. The molecule has 0 saturated heterocycles. The van der Waals surface area contributed by atoms with Crippen molar-refractivity contribution in [1.82, 2.24) is 18.7 Å². The molecule has 114 valence electrons. The van der Waals surface area contributed by atoms with Crippen molar-refractivity contribution in [2.75, 3.05) is 18.0 Å². The Morgan fingerprint density at radius 3 is 2.62 bits per heavy atom. The van der Waals surface area contributed by atoms with Crippen LogP contribution in [0.2, 0.25) is 0 Å². The van der Waals surface area contributed by atoms with Crippen LogP contribution in [0.25, 0.3) is 11.2 Å². The van der Waals surface area contributed by atoms with E-state index in [1.54, 1.807) is 7.05 Å². The van der Waals surface area contributed by atoms with E-state index < -0.39 is 0 Å². The second-order valence-corrected chi connectivity index (χ2v) is 6.27. The van der Waals surface area contributed by atoms with Gasteiger partial charge in [0.25, 0.3) is 5.56 Å². The van der Waals surface area contributed by atoms with E-state index in [1.165, 1.54) is 11.6 Å². The van der Waals surface area contributed by atoms with E-state index in [1.807, 2.05) is 11.5 Å². The Morgan fingerprint density at radius 1 is 1.24 bits per heavy atom. The molecule has 0 spiro atoms. The van der Waals surface area contributed by atoms with Gasteiger partial charge in [-0.2, -0.15) is 4.98 Å². The predicted molar refractivity (Wildman–Crippen MR) is 82.4 cm³/mol. The van der Waals surface area contributed by atoms with Gasteiger partial charge in [0, 0.05) is 39.1 Å². The lowest BCUT2D eigenvalue weighted by atomic mass is 10.3. The molecule has 2 aromatic rings. The molecule has 0 N–H and O–H groups in total. The Balaban J connectivity index is 2.31. The summed E-state index contributed by atoms with van der Waals surface area (Å²) in [5.41, 5.74) is 0.265. The van der Waals surface area contributed by atoms with Crippen LogP contribution in [0.15, 0.2) is 9.59 Å². The zero-order valence-electron chi connectivity index (χ0n) is 12.3. The average Bonchev–Trinajstić information content (AvgIpc) is 2.83. The molecule has 1 unspecified atom stereocenters. The third kappa shape index (κ3) is 2.07. The molecular formula is C13H18ClN5O2. The van der Waals surface area contributed by atoms with E-state index in [9.17, 15) is 9.59 Å². The van der Waals surface area contributed by atoms with Gasteiger partial charge in [-0.3, -0.25) is 13.9 Å². The SMILES string of the molecule is CC(Cl)CN1CCCn2c1nc1c2c(=O)n(C)c(=O)n1C. The third-order valence-corrected chi connectivity index (χ3v) is 4.03. The van der Waals surface area contributed by atoms with Gasteiger partial charge in [-0.1, -0.05) is 0 Å². The number of anilines is 1. The summed E-state index contributed by atoms with van der Waals surface area (Å²) in [5, 5.41) is -0.0111. The summed E-state index contributed by atoms with van der Waals surface area (Å²) in [6.07, 6.45) is 0.925. The number of imidazole rings is 1. The molecular weight excluding hydrogens is 294 g/mol. The molecule has 2 aromatic heterocycles. The number of aryl methyl sites for hydroxylation is 2. The van der Waals surface area contributed by atoms with Crippen LogP contribution in [0.5, 0.6) is 0 Å². The first kappa shape index (κ1) is 14.2. The average molecular weight is 312 g/mol. The second-order valence-electron chi connectivity index (χ2n) is 5.52. The molecule has 3 rings (SSSR count). The molecule has 0 bridgehead atoms. The van der Waals surface area contributed by atoms with Crippen molar-refractivity contribution >= 4 is 28.7 Å². The molecule has 0 aliphatic carbocycles. The molecule has 0 saturated carbocycles. The normalized spacial score (nSPS) is 16.3. The van der Waals surface area contributed by atoms with Crippen LogP contribution in [0.1, 0.15) is 13.3 Å². The number of alkyl halides is 1. The van der Waals surface area contributed by atoms with Crippen LogP contribution >= 0.6 is 11.6 Å². The van der Waals surface area contributed by atoms with E-state index in [0.717, 1.165) is 30.0 Å². The van der Waals surface area contributed by atoms with Gasteiger partial charge in [-0.25, -0.2) is 4.79 Å². The molecule has 0 radical (unpaired) electrons. The zero-order valence-corrected chi connectivity index (χ0v) is 13.1. The fraction of sp³-hybridized carbons (Fsp3) is 0.615. The van der Waals surface area contributed by atoms with Crippen molar-refractivity contribution in [1.29, 1.82) is 0 Å². The minimum absolute atomic E-state index is 0.0111. The maximum Gasteiger partial charge on any atom is 0.332 e. The lowest BCUT2D eigenvalue weighted by Crippen LogP contribution is -2.38. The molecule has 21 heavy (non-hydrogen) atoms. The molecule has 8 heteroatoms.